The van der Waals surface area contributed by atoms with E-state index in [0.29, 0.717) is 24.1 Å². The van der Waals surface area contributed by atoms with E-state index in [9.17, 15) is 0 Å². The highest BCUT2D eigenvalue weighted by Crippen LogP contribution is 2.30. The monoisotopic (exact) mass is 236 g/mol. The van der Waals surface area contributed by atoms with Gasteiger partial charge in [0.25, 0.3) is 0 Å². The Kier molecular flexibility index (Phi) is 5.17. The molecule has 1 aromatic heterocycles. The van der Waals surface area contributed by atoms with E-state index in [4.69, 9.17) is 21.1 Å². The molecule has 0 aliphatic carbocycles. The lowest BCUT2D eigenvalue weighted by Crippen LogP contribution is -2.18. The molecule has 0 unspecified atom stereocenters. The van der Waals surface area contributed by atoms with Gasteiger partial charge in [-0.05, 0) is 11.5 Å². The van der Waals surface area contributed by atoms with E-state index in [1.165, 1.54) is 11.5 Å². The van der Waals surface area contributed by atoms with Crippen molar-refractivity contribution < 1.29 is 9.47 Å². The number of hydrogen-bond acceptors (Lipinski definition) is 5. The molecule has 6 heteroatoms. The lowest BCUT2D eigenvalue weighted by atomic mass is 10.4. The summed E-state index contributed by atoms with van der Waals surface area (Å²) in [7, 11) is 3.23. The second-order valence-corrected chi connectivity index (χ2v) is 3.83. The number of nitrogens with zero attached hydrogens (tertiary/aromatic N) is 1. The zero-order valence-corrected chi connectivity index (χ0v) is 9.74. The highest BCUT2D eigenvalue weighted by atomic mass is 35.5. The third-order valence-electron chi connectivity index (χ3n) is 1.63. The Morgan fingerprint density at radius 3 is 2.86 bits per heavy atom. The summed E-state index contributed by atoms with van der Waals surface area (Å²) in [5.41, 5.74) is 0. The normalized spacial score (nSPS) is 10.5. The molecule has 0 fully saturated rings. The van der Waals surface area contributed by atoms with Crippen LogP contribution in [0.2, 0.25) is 5.02 Å². The van der Waals surface area contributed by atoms with Gasteiger partial charge in [0, 0.05) is 20.2 Å². The summed E-state index contributed by atoms with van der Waals surface area (Å²) >= 11 is 7.34. The SMILES string of the molecule is COCCNCc1snc(OC)c1Cl. The minimum absolute atomic E-state index is 0.500. The van der Waals surface area contributed by atoms with Gasteiger partial charge in [0.15, 0.2) is 0 Å². The molecule has 14 heavy (non-hydrogen) atoms. The van der Waals surface area contributed by atoms with Crippen molar-refractivity contribution in [2.75, 3.05) is 27.4 Å². The van der Waals surface area contributed by atoms with Crippen LogP contribution in [0.1, 0.15) is 4.88 Å². The average Bonchev–Trinajstić information content (AvgIpc) is 2.55. The van der Waals surface area contributed by atoms with Crippen molar-refractivity contribution in [2.24, 2.45) is 0 Å². The van der Waals surface area contributed by atoms with Crippen molar-refractivity contribution in [3.8, 4) is 5.88 Å². The largest absolute Gasteiger partial charge is 0.479 e. The van der Waals surface area contributed by atoms with E-state index in [1.54, 1.807) is 14.2 Å². The first kappa shape index (κ1) is 11.7. The van der Waals surface area contributed by atoms with E-state index in [2.05, 4.69) is 9.69 Å². The van der Waals surface area contributed by atoms with E-state index in [1.807, 2.05) is 0 Å². The van der Waals surface area contributed by atoms with Gasteiger partial charge in [-0.15, -0.1) is 0 Å². The molecule has 0 atom stereocenters. The molecule has 1 rings (SSSR count). The number of methoxy groups -OCH3 is 2. The molecule has 0 radical (unpaired) electrons. The van der Waals surface area contributed by atoms with E-state index in [0.717, 1.165) is 11.4 Å². The van der Waals surface area contributed by atoms with Gasteiger partial charge < -0.3 is 14.8 Å². The summed E-state index contributed by atoms with van der Waals surface area (Å²) < 4.78 is 13.9. The van der Waals surface area contributed by atoms with Crippen molar-refractivity contribution in [3.05, 3.63) is 9.90 Å². The van der Waals surface area contributed by atoms with Gasteiger partial charge in [-0.25, -0.2) is 0 Å². The molecule has 0 amide bonds. The molecule has 1 aromatic rings. The maximum Gasteiger partial charge on any atom is 0.244 e. The standard InChI is InChI=1S/C8H13ClN2O2S/c1-12-4-3-10-5-6-7(9)8(13-2)11-14-6/h10H,3-5H2,1-2H3. The van der Waals surface area contributed by atoms with Crippen LogP contribution in [-0.2, 0) is 11.3 Å². The van der Waals surface area contributed by atoms with Crippen molar-refractivity contribution in [1.29, 1.82) is 0 Å². The Morgan fingerprint density at radius 1 is 1.50 bits per heavy atom. The second kappa shape index (κ2) is 6.19. The Morgan fingerprint density at radius 2 is 2.29 bits per heavy atom. The summed E-state index contributed by atoms with van der Waals surface area (Å²) in [6.45, 7) is 2.18. The quantitative estimate of drug-likeness (QED) is 0.761. The minimum atomic E-state index is 0.500. The van der Waals surface area contributed by atoms with Gasteiger partial charge in [-0.1, -0.05) is 11.6 Å². The van der Waals surface area contributed by atoms with Crippen molar-refractivity contribution >= 4 is 23.1 Å². The Bertz CT molecular complexity index is 280. The summed E-state index contributed by atoms with van der Waals surface area (Å²) in [5.74, 6) is 0.500. The van der Waals surface area contributed by atoms with Crippen LogP contribution in [-0.4, -0.2) is 31.7 Å². The van der Waals surface area contributed by atoms with Crippen LogP contribution in [0.4, 0.5) is 0 Å². The number of rotatable bonds is 6. The Balaban J connectivity index is 2.39. The minimum Gasteiger partial charge on any atom is -0.479 e. The van der Waals surface area contributed by atoms with Crippen molar-refractivity contribution in [3.63, 3.8) is 0 Å². The Hall–Kier alpha value is -0.360. The van der Waals surface area contributed by atoms with Crippen molar-refractivity contribution in [1.82, 2.24) is 9.69 Å². The molecular weight excluding hydrogens is 224 g/mol. The van der Waals surface area contributed by atoms with Crippen LogP contribution in [0.5, 0.6) is 5.88 Å². The van der Waals surface area contributed by atoms with Gasteiger partial charge in [-0.2, -0.15) is 4.37 Å². The van der Waals surface area contributed by atoms with Crippen LogP contribution in [0, 0.1) is 0 Å². The predicted octanol–water partition coefficient (Wildman–Crippen LogP) is 1.54. The third-order valence-corrected chi connectivity index (χ3v) is 2.96. The molecule has 0 aliphatic heterocycles. The molecule has 0 spiro atoms. The van der Waals surface area contributed by atoms with Gasteiger partial charge in [0.1, 0.15) is 5.02 Å². The maximum absolute atomic E-state index is 5.99. The van der Waals surface area contributed by atoms with Crippen molar-refractivity contribution in [2.45, 2.75) is 6.54 Å². The molecule has 0 aliphatic rings. The van der Waals surface area contributed by atoms with Crippen LogP contribution in [0.3, 0.4) is 0 Å². The number of nitrogens with one attached hydrogen (secondary N) is 1. The highest BCUT2D eigenvalue weighted by Gasteiger charge is 2.10. The average molecular weight is 237 g/mol. The first-order valence-electron chi connectivity index (χ1n) is 4.17. The van der Waals surface area contributed by atoms with Gasteiger partial charge in [0.05, 0.1) is 18.6 Å². The maximum atomic E-state index is 5.99. The molecule has 0 bridgehead atoms. The van der Waals surface area contributed by atoms with E-state index >= 15 is 0 Å². The first-order valence-corrected chi connectivity index (χ1v) is 5.32. The fourth-order valence-corrected chi connectivity index (χ4v) is 1.94. The smallest absolute Gasteiger partial charge is 0.244 e. The summed E-state index contributed by atoms with van der Waals surface area (Å²) in [5, 5.41) is 3.79. The zero-order chi connectivity index (χ0) is 10.4. The van der Waals surface area contributed by atoms with Gasteiger partial charge in [-0.3, -0.25) is 0 Å². The summed E-state index contributed by atoms with van der Waals surface area (Å²) in [4.78, 5) is 0.986. The molecule has 0 saturated carbocycles. The zero-order valence-electron chi connectivity index (χ0n) is 8.17. The molecular formula is C8H13ClN2O2S. The van der Waals surface area contributed by atoms with E-state index < -0.39 is 0 Å². The lowest BCUT2D eigenvalue weighted by molar-refractivity contribution is 0.199. The molecule has 1 N–H and O–H groups in total. The topological polar surface area (TPSA) is 43.4 Å². The molecule has 4 nitrogen and oxygen atoms in total. The lowest BCUT2D eigenvalue weighted by Gasteiger charge is -2.01. The fourth-order valence-electron chi connectivity index (χ4n) is 0.909. The van der Waals surface area contributed by atoms with Crippen LogP contribution < -0.4 is 10.1 Å². The number of halogens is 1. The molecule has 80 valence electrons. The predicted molar refractivity (Wildman–Crippen MR) is 57.3 cm³/mol. The number of hydrogen-bond donors (Lipinski definition) is 1. The second-order valence-electron chi connectivity index (χ2n) is 2.60. The summed E-state index contributed by atoms with van der Waals surface area (Å²) in [6.07, 6.45) is 0. The summed E-state index contributed by atoms with van der Waals surface area (Å²) in [6, 6.07) is 0. The van der Waals surface area contributed by atoms with Gasteiger partial charge in [0.2, 0.25) is 5.88 Å². The highest BCUT2D eigenvalue weighted by molar-refractivity contribution is 7.06. The third kappa shape index (κ3) is 3.09. The van der Waals surface area contributed by atoms with Gasteiger partial charge >= 0.3 is 0 Å². The first-order chi connectivity index (χ1) is 6.79. The molecule has 1 heterocycles. The molecule has 0 saturated heterocycles. The van der Waals surface area contributed by atoms with Crippen LogP contribution in [0.25, 0.3) is 0 Å². The number of ether oxygens (including phenoxy) is 2. The van der Waals surface area contributed by atoms with E-state index in [-0.39, 0.29) is 0 Å². The Labute approximate surface area is 92.3 Å². The van der Waals surface area contributed by atoms with Crippen LogP contribution in [0.15, 0.2) is 0 Å². The molecule has 0 aromatic carbocycles. The fraction of sp³-hybridized carbons (Fsp3) is 0.625. The number of aromatic nitrogens is 1. The van der Waals surface area contributed by atoms with Crippen LogP contribution >= 0.6 is 23.1 Å².